The fraction of sp³-hybridized carbons (Fsp3) is 0.917. The third-order valence-corrected chi connectivity index (χ3v) is 6.80. The minimum absolute atomic E-state index is 0.0117. The molecular weight excluding hydrogens is 252 g/mol. The Morgan fingerprint density at radius 2 is 2.00 bits per heavy atom. The number of carbonyl (C=O) groups is 1. The van der Waals surface area contributed by atoms with Crippen LogP contribution in [0, 0.1) is 5.92 Å². The summed E-state index contributed by atoms with van der Waals surface area (Å²) in [5.74, 6) is 0.496. The molecule has 0 spiro atoms. The molecule has 0 aromatic heterocycles. The highest BCUT2D eigenvalue weighted by molar-refractivity contribution is 7.90. The van der Waals surface area contributed by atoms with Crippen LogP contribution in [0.1, 0.15) is 32.6 Å². The monoisotopic (exact) mass is 272 g/mol. The van der Waals surface area contributed by atoms with E-state index in [1.165, 1.54) is 4.31 Å². The predicted octanol–water partition coefficient (Wildman–Crippen LogP) is 0.421. The van der Waals surface area contributed by atoms with Crippen LogP contribution in [-0.2, 0) is 14.8 Å². The molecule has 2 heterocycles. The number of hydrogen-bond donors (Lipinski definition) is 0. The van der Waals surface area contributed by atoms with Crippen molar-refractivity contribution in [2.75, 3.05) is 19.6 Å². The molecule has 3 aliphatic rings. The Balaban J connectivity index is 1.86. The summed E-state index contributed by atoms with van der Waals surface area (Å²) in [6.45, 7) is 3.99. The normalized spacial score (nSPS) is 33.8. The molecule has 0 unspecified atom stereocenters. The maximum atomic E-state index is 12.3. The first kappa shape index (κ1) is 12.4. The number of likely N-dealkylation sites (tertiary alicyclic amines) is 1. The van der Waals surface area contributed by atoms with Gasteiger partial charge in [0.2, 0.25) is 15.9 Å². The largest absolute Gasteiger partial charge is 0.341 e. The lowest BCUT2D eigenvalue weighted by Crippen LogP contribution is -2.60. The minimum atomic E-state index is -3.22. The Morgan fingerprint density at radius 3 is 2.61 bits per heavy atom. The molecule has 0 aromatic rings. The molecule has 0 N–H and O–H groups in total. The second kappa shape index (κ2) is 4.20. The van der Waals surface area contributed by atoms with Crippen LogP contribution in [0.2, 0.25) is 0 Å². The molecule has 0 aromatic carbocycles. The van der Waals surface area contributed by atoms with Crippen LogP contribution in [0.3, 0.4) is 0 Å². The third-order valence-electron chi connectivity index (χ3n) is 4.39. The van der Waals surface area contributed by atoms with E-state index in [1.54, 1.807) is 0 Å². The summed E-state index contributed by atoms with van der Waals surface area (Å²) in [4.78, 5) is 14.1. The van der Waals surface area contributed by atoms with Crippen molar-refractivity contribution < 1.29 is 13.2 Å². The van der Waals surface area contributed by atoms with Crippen molar-refractivity contribution in [3.8, 4) is 0 Å². The number of piperidine rings is 2. The highest BCUT2D eigenvalue weighted by atomic mass is 32.2. The number of likely N-dealkylation sites (N-methyl/N-ethyl adjacent to an activating group) is 1. The van der Waals surface area contributed by atoms with Gasteiger partial charge in [0.05, 0.1) is 5.25 Å². The van der Waals surface area contributed by atoms with Crippen molar-refractivity contribution in [3.05, 3.63) is 0 Å². The number of hydrogen-bond acceptors (Lipinski definition) is 3. The third kappa shape index (κ3) is 1.86. The van der Waals surface area contributed by atoms with Crippen molar-refractivity contribution in [1.29, 1.82) is 0 Å². The quantitative estimate of drug-likeness (QED) is 0.748. The lowest BCUT2D eigenvalue weighted by molar-refractivity contribution is -0.142. The number of nitrogens with zero attached hydrogens (tertiary/aromatic N) is 2. The lowest BCUT2D eigenvalue weighted by atomic mass is 9.87. The zero-order valence-corrected chi connectivity index (χ0v) is 11.5. The Hall–Kier alpha value is -0.620. The van der Waals surface area contributed by atoms with Crippen LogP contribution >= 0.6 is 0 Å². The van der Waals surface area contributed by atoms with Crippen molar-refractivity contribution >= 4 is 15.9 Å². The van der Waals surface area contributed by atoms with E-state index in [2.05, 4.69) is 0 Å². The summed E-state index contributed by atoms with van der Waals surface area (Å²) in [7, 11) is -3.22. The van der Waals surface area contributed by atoms with E-state index in [1.807, 2.05) is 11.8 Å². The number of sulfonamides is 1. The Morgan fingerprint density at radius 1 is 1.28 bits per heavy atom. The van der Waals surface area contributed by atoms with Gasteiger partial charge in [-0.3, -0.25) is 4.79 Å². The van der Waals surface area contributed by atoms with E-state index in [-0.39, 0.29) is 11.2 Å². The van der Waals surface area contributed by atoms with Gasteiger partial charge in [0.15, 0.2) is 0 Å². The van der Waals surface area contributed by atoms with Crippen LogP contribution in [0.5, 0.6) is 0 Å². The molecule has 1 saturated carbocycles. The molecule has 2 bridgehead atoms. The second-order valence-corrected chi connectivity index (χ2v) is 7.80. The van der Waals surface area contributed by atoms with E-state index in [0.29, 0.717) is 19.0 Å². The van der Waals surface area contributed by atoms with Crippen molar-refractivity contribution in [3.63, 3.8) is 0 Å². The first-order valence-electron chi connectivity index (χ1n) is 6.83. The second-order valence-electron chi connectivity index (χ2n) is 5.64. The number of rotatable bonds is 3. The fourth-order valence-corrected chi connectivity index (χ4v) is 5.17. The van der Waals surface area contributed by atoms with Gasteiger partial charge in [-0.25, -0.2) is 8.42 Å². The summed E-state index contributed by atoms with van der Waals surface area (Å²) in [6.07, 6.45) is 3.15. The number of carbonyl (C=O) groups excluding carboxylic acids is 1. The van der Waals surface area contributed by atoms with E-state index >= 15 is 0 Å². The van der Waals surface area contributed by atoms with Crippen LogP contribution in [0.4, 0.5) is 0 Å². The Kier molecular flexibility index (Phi) is 2.90. The molecule has 6 heteroatoms. The van der Waals surface area contributed by atoms with Crippen LogP contribution in [-0.4, -0.2) is 54.5 Å². The highest BCUT2D eigenvalue weighted by Gasteiger charge is 2.49. The lowest BCUT2D eigenvalue weighted by Gasteiger charge is -2.45. The summed E-state index contributed by atoms with van der Waals surface area (Å²) in [5.41, 5.74) is 0. The highest BCUT2D eigenvalue weighted by Crippen LogP contribution is 2.37. The van der Waals surface area contributed by atoms with E-state index in [0.717, 1.165) is 32.2 Å². The summed E-state index contributed by atoms with van der Waals surface area (Å²) >= 11 is 0. The van der Waals surface area contributed by atoms with Gasteiger partial charge in [-0.15, -0.1) is 0 Å². The summed E-state index contributed by atoms with van der Waals surface area (Å²) < 4.78 is 26.2. The van der Waals surface area contributed by atoms with E-state index < -0.39 is 16.1 Å². The molecular formula is C12H20N2O3S. The molecule has 2 saturated heterocycles. The minimum Gasteiger partial charge on any atom is -0.341 e. The van der Waals surface area contributed by atoms with Crippen LogP contribution < -0.4 is 0 Å². The predicted molar refractivity (Wildman–Crippen MR) is 67.4 cm³/mol. The van der Waals surface area contributed by atoms with Gasteiger partial charge < -0.3 is 4.90 Å². The Bertz CT molecular complexity index is 458. The standard InChI is InChI=1S/C12H20N2O3S/c1-2-13-8-9-5-6-14(11(7-9)12(13)15)18(16,17)10-3-4-10/h9-11H,2-8H2,1H3/t9-,11+/m0/s1. The smallest absolute Gasteiger partial charge is 0.241 e. The van der Waals surface area contributed by atoms with Gasteiger partial charge in [0, 0.05) is 19.6 Å². The van der Waals surface area contributed by atoms with Crippen molar-refractivity contribution in [2.24, 2.45) is 5.92 Å². The van der Waals surface area contributed by atoms with E-state index in [9.17, 15) is 13.2 Å². The average molecular weight is 272 g/mol. The molecule has 3 rings (SSSR count). The van der Waals surface area contributed by atoms with Gasteiger partial charge in [-0.05, 0) is 38.5 Å². The molecule has 5 nitrogen and oxygen atoms in total. The summed E-state index contributed by atoms with van der Waals surface area (Å²) in [5, 5.41) is -0.209. The molecule has 2 aliphatic heterocycles. The topological polar surface area (TPSA) is 57.7 Å². The molecule has 0 radical (unpaired) electrons. The maximum absolute atomic E-state index is 12.3. The first-order chi connectivity index (χ1) is 8.54. The number of fused-ring (bicyclic) bond motifs is 2. The van der Waals surface area contributed by atoms with E-state index in [4.69, 9.17) is 0 Å². The SMILES string of the molecule is CCN1C[C@H]2CCN(S(=O)(=O)C3CC3)[C@H](C2)C1=O. The van der Waals surface area contributed by atoms with Crippen LogP contribution in [0.25, 0.3) is 0 Å². The van der Waals surface area contributed by atoms with Crippen molar-refractivity contribution in [1.82, 2.24) is 9.21 Å². The summed E-state index contributed by atoms with van der Waals surface area (Å²) in [6, 6.07) is -0.414. The van der Waals surface area contributed by atoms with Gasteiger partial charge in [-0.2, -0.15) is 4.31 Å². The van der Waals surface area contributed by atoms with Crippen molar-refractivity contribution in [2.45, 2.75) is 43.9 Å². The molecule has 1 aliphatic carbocycles. The van der Waals surface area contributed by atoms with Crippen LogP contribution in [0.15, 0.2) is 0 Å². The molecule has 18 heavy (non-hydrogen) atoms. The zero-order valence-electron chi connectivity index (χ0n) is 10.7. The first-order valence-corrected chi connectivity index (χ1v) is 8.33. The van der Waals surface area contributed by atoms with Gasteiger partial charge in [0.25, 0.3) is 0 Å². The number of amides is 1. The zero-order chi connectivity index (χ0) is 12.9. The maximum Gasteiger partial charge on any atom is 0.241 e. The average Bonchev–Trinajstić information content (AvgIpc) is 3.18. The van der Waals surface area contributed by atoms with Gasteiger partial charge in [-0.1, -0.05) is 0 Å². The molecule has 102 valence electrons. The van der Waals surface area contributed by atoms with Gasteiger partial charge >= 0.3 is 0 Å². The molecule has 1 amide bonds. The fourth-order valence-electron chi connectivity index (χ4n) is 3.17. The molecule has 3 fully saturated rings. The van der Waals surface area contributed by atoms with Gasteiger partial charge in [0.1, 0.15) is 6.04 Å². The molecule has 2 atom stereocenters. The Labute approximate surface area is 108 Å².